The molecule has 2 aromatic carbocycles. The summed E-state index contributed by atoms with van der Waals surface area (Å²) in [5.41, 5.74) is 6.61. The number of hydrogen-bond donors (Lipinski definition) is 2. The van der Waals surface area contributed by atoms with Crippen LogP contribution in [-0.4, -0.2) is 29.2 Å². The Morgan fingerprint density at radius 3 is 2.50 bits per heavy atom. The van der Waals surface area contributed by atoms with Crippen molar-refractivity contribution in [3.8, 4) is 0 Å². The third kappa shape index (κ3) is 4.16. The van der Waals surface area contributed by atoms with Gasteiger partial charge in [0.1, 0.15) is 0 Å². The molecule has 0 spiro atoms. The van der Waals surface area contributed by atoms with Gasteiger partial charge in [-0.25, -0.2) is 0 Å². The van der Waals surface area contributed by atoms with Gasteiger partial charge in [0.05, 0.1) is 6.10 Å². The van der Waals surface area contributed by atoms with Crippen LogP contribution in [0.25, 0.3) is 0 Å². The van der Waals surface area contributed by atoms with Crippen LogP contribution < -0.4 is 5.32 Å². The second kappa shape index (κ2) is 7.82. The van der Waals surface area contributed by atoms with Gasteiger partial charge in [0.25, 0.3) is 0 Å². The number of likely N-dealkylation sites (tertiary alicyclic amines) is 1. The maximum absolute atomic E-state index is 9.67. The molecule has 0 unspecified atom stereocenters. The lowest BCUT2D eigenvalue weighted by atomic mass is 10.0. The summed E-state index contributed by atoms with van der Waals surface area (Å²) < 4.78 is 0. The lowest BCUT2D eigenvalue weighted by Crippen LogP contribution is -2.35. The van der Waals surface area contributed by atoms with Crippen LogP contribution in [-0.2, 0) is 13.1 Å². The van der Waals surface area contributed by atoms with E-state index in [4.69, 9.17) is 0 Å². The molecule has 0 atom stereocenters. The van der Waals surface area contributed by atoms with Crippen LogP contribution in [0.3, 0.4) is 0 Å². The molecule has 1 fully saturated rings. The third-order valence-electron chi connectivity index (χ3n) is 5.15. The van der Waals surface area contributed by atoms with Crippen molar-refractivity contribution in [3.63, 3.8) is 0 Å². The number of rotatable bonds is 5. The third-order valence-corrected chi connectivity index (χ3v) is 5.15. The predicted octanol–water partition coefficient (Wildman–Crippen LogP) is 3.87. The van der Waals surface area contributed by atoms with E-state index in [2.05, 4.69) is 66.5 Å². The van der Waals surface area contributed by atoms with Crippen LogP contribution in [0, 0.1) is 13.8 Å². The van der Waals surface area contributed by atoms with E-state index in [9.17, 15) is 5.11 Å². The summed E-state index contributed by atoms with van der Waals surface area (Å²) in [6.07, 6.45) is 1.66. The molecule has 2 N–H and O–H groups in total. The topological polar surface area (TPSA) is 35.5 Å². The van der Waals surface area contributed by atoms with Crippen LogP contribution in [0.4, 0.5) is 5.69 Å². The fourth-order valence-corrected chi connectivity index (χ4v) is 3.34. The Hall–Kier alpha value is -1.84. The van der Waals surface area contributed by atoms with E-state index < -0.39 is 0 Å². The average molecular weight is 324 g/mol. The molecule has 0 saturated carbocycles. The number of nitrogens with zero attached hydrogens (tertiary/aromatic N) is 1. The molecule has 3 heteroatoms. The number of aliphatic hydroxyl groups excluding tert-OH is 1. The van der Waals surface area contributed by atoms with Gasteiger partial charge in [0.15, 0.2) is 0 Å². The molecule has 0 radical (unpaired) electrons. The molecule has 3 nitrogen and oxygen atoms in total. The Kier molecular flexibility index (Phi) is 5.54. The first kappa shape index (κ1) is 17.0. The van der Waals surface area contributed by atoms with Gasteiger partial charge in [-0.1, -0.05) is 36.4 Å². The molecule has 1 aliphatic heterocycles. The summed E-state index contributed by atoms with van der Waals surface area (Å²) >= 11 is 0. The smallest absolute Gasteiger partial charge is 0.0564 e. The second-order valence-electron chi connectivity index (χ2n) is 6.88. The first-order valence-corrected chi connectivity index (χ1v) is 8.91. The minimum atomic E-state index is -0.112. The van der Waals surface area contributed by atoms with Gasteiger partial charge in [-0.15, -0.1) is 0 Å². The molecular formula is C21H28N2O. The van der Waals surface area contributed by atoms with Gasteiger partial charge in [-0.3, -0.25) is 4.90 Å². The van der Waals surface area contributed by atoms with Crippen LogP contribution >= 0.6 is 0 Å². The van der Waals surface area contributed by atoms with Crippen molar-refractivity contribution < 1.29 is 5.11 Å². The van der Waals surface area contributed by atoms with Crippen LogP contribution in [0.5, 0.6) is 0 Å². The zero-order valence-corrected chi connectivity index (χ0v) is 14.8. The first-order chi connectivity index (χ1) is 11.6. The number of piperidine rings is 1. The van der Waals surface area contributed by atoms with E-state index in [1.54, 1.807) is 0 Å². The molecule has 24 heavy (non-hydrogen) atoms. The summed E-state index contributed by atoms with van der Waals surface area (Å²) in [7, 11) is 0. The first-order valence-electron chi connectivity index (χ1n) is 8.91. The minimum Gasteiger partial charge on any atom is -0.393 e. The van der Waals surface area contributed by atoms with Gasteiger partial charge >= 0.3 is 0 Å². The van der Waals surface area contributed by atoms with E-state index >= 15 is 0 Å². The molecule has 128 valence electrons. The van der Waals surface area contributed by atoms with E-state index in [0.29, 0.717) is 0 Å². The fourth-order valence-electron chi connectivity index (χ4n) is 3.34. The van der Waals surface area contributed by atoms with Crippen molar-refractivity contribution in [3.05, 3.63) is 64.7 Å². The highest BCUT2D eigenvalue weighted by Crippen LogP contribution is 2.21. The van der Waals surface area contributed by atoms with Crippen molar-refractivity contribution in [1.29, 1.82) is 0 Å². The zero-order valence-electron chi connectivity index (χ0n) is 14.8. The number of anilines is 1. The van der Waals surface area contributed by atoms with Crippen LogP contribution in [0.2, 0.25) is 0 Å². The maximum atomic E-state index is 9.67. The van der Waals surface area contributed by atoms with Gasteiger partial charge in [-0.05, 0) is 55.0 Å². The second-order valence-corrected chi connectivity index (χ2v) is 6.88. The number of aliphatic hydroxyl groups is 1. The SMILES string of the molecule is Cc1cccc(CNc2ccccc2CN2CCC(O)CC2)c1C. The van der Waals surface area contributed by atoms with Crippen molar-refractivity contribution in [2.24, 2.45) is 0 Å². The summed E-state index contributed by atoms with van der Waals surface area (Å²) in [5.74, 6) is 0. The number of para-hydroxylation sites is 1. The van der Waals surface area contributed by atoms with E-state index in [1.807, 2.05) is 0 Å². The van der Waals surface area contributed by atoms with E-state index in [-0.39, 0.29) is 6.10 Å². The molecule has 1 heterocycles. The van der Waals surface area contributed by atoms with Crippen molar-refractivity contribution in [1.82, 2.24) is 4.90 Å². The number of benzene rings is 2. The summed E-state index contributed by atoms with van der Waals surface area (Å²) in [6, 6.07) is 15.1. The Labute approximate surface area is 145 Å². The van der Waals surface area contributed by atoms with Crippen molar-refractivity contribution in [2.75, 3.05) is 18.4 Å². The predicted molar refractivity (Wildman–Crippen MR) is 100 cm³/mol. The van der Waals surface area contributed by atoms with Gasteiger partial charge in [0, 0.05) is 31.9 Å². The summed E-state index contributed by atoms with van der Waals surface area (Å²) in [5, 5.41) is 13.3. The van der Waals surface area contributed by atoms with Crippen LogP contribution in [0.1, 0.15) is 35.1 Å². The Morgan fingerprint density at radius 1 is 1.00 bits per heavy atom. The molecule has 1 aliphatic rings. The standard InChI is InChI=1S/C21H28N2O/c1-16-6-5-8-18(17(16)2)14-22-21-9-4-3-7-19(21)15-23-12-10-20(24)11-13-23/h3-9,20,22,24H,10-15H2,1-2H3. The van der Waals surface area contributed by atoms with Gasteiger partial charge in [-0.2, -0.15) is 0 Å². The van der Waals surface area contributed by atoms with Crippen molar-refractivity contribution in [2.45, 2.75) is 45.9 Å². The molecule has 0 amide bonds. The molecule has 0 aliphatic carbocycles. The zero-order chi connectivity index (χ0) is 16.9. The summed E-state index contributed by atoms with van der Waals surface area (Å²) in [6.45, 7) is 8.11. The number of hydrogen-bond acceptors (Lipinski definition) is 3. The normalized spacial score (nSPS) is 16.3. The quantitative estimate of drug-likeness (QED) is 0.876. The lowest BCUT2D eigenvalue weighted by Gasteiger charge is -2.30. The molecule has 0 aromatic heterocycles. The van der Waals surface area contributed by atoms with E-state index in [0.717, 1.165) is 39.0 Å². The van der Waals surface area contributed by atoms with Crippen molar-refractivity contribution >= 4 is 5.69 Å². The molecule has 0 bridgehead atoms. The molecule has 1 saturated heterocycles. The summed E-state index contributed by atoms with van der Waals surface area (Å²) in [4.78, 5) is 2.44. The maximum Gasteiger partial charge on any atom is 0.0564 e. The number of nitrogens with one attached hydrogen (secondary N) is 1. The highest BCUT2D eigenvalue weighted by molar-refractivity contribution is 5.52. The number of aryl methyl sites for hydroxylation is 1. The van der Waals surface area contributed by atoms with Crippen LogP contribution in [0.15, 0.2) is 42.5 Å². The fraction of sp³-hybridized carbons (Fsp3) is 0.429. The molecule has 2 aromatic rings. The lowest BCUT2D eigenvalue weighted by molar-refractivity contribution is 0.0793. The monoisotopic (exact) mass is 324 g/mol. The largest absolute Gasteiger partial charge is 0.393 e. The highest BCUT2D eigenvalue weighted by atomic mass is 16.3. The molecule has 3 rings (SSSR count). The minimum absolute atomic E-state index is 0.112. The van der Waals surface area contributed by atoms with Gasteiger partial charge in [0.2, 0.25) is 0 Å². The molecular weight excluding hydrogens is 296 g/mol. The van der Waals surface area contributed by atoms with E-state index in [1.165, 1.54) is 27.9 Å². The van der Waals surface area contributed by atoms with Gasteiger partial charge < -0.3 is 10.4 Å². The highest BCUT2D eigenvalue weighted by Gasteiger charge is 2.17. The average Bonchev–Trinajstić information content (AvgIpc) is 2.59. The Morgan fingerprint density at radius 2 is 1.71 bits per heavy atom. The Balaban J connectivity index is 1.67. The Bertz CT molecular complexity index is 675.